The van der Waals surface area contributed by atoms with Crippen LogP contribution in [0.1, 0.15) is 123 Å². The van der Waals surface area contributed by atoms with Gasteiger partial charge in [0, 0.05) is 12.8 Å². The summed E-state index contributed by atoms with van der Waals surface area (Å²) in [7, 11) is 0. The molecule has 4 fully saturated rings. The number of rotatable bonds is 12. The molecule has 0 unspecified atom stereocenters. The molecule has 4 aliphatic carbocycles. The molecule has 4 saturated carbocycles. The lowest BCUT2D eigenvalue weighted by molar-refractivity contribution is -0.164. The van der Waals surface area contributed by atoms with Crippen molar-refractivity contribution in [1.82, 2.24) is 10.1 Å². The lowest BCUT2D eigenvalue weighted by Crippen LogP contribution is -2.39. The van der Waals surface area contributed by atoms with Gasteiger partial charge in [0.15, 0.2) is 5.82 Å². The lowest BCUT2D eigenvalue weighted by Gasteiger charge is -2.44. The third kappa shape index (κ3) is 6.89. The van der Waals surface area contributed by atoms with Crippen LogP contribution in [0.3, 0.4) is 0 Å². The second-order valence-electron chi connectivity index (χ2n) is 15.6. The van der Waals surface area contributed by atoms with E-state index in [1.165, 1.54) is 24.8 Å². The molecule has 250 valence electrons. The Labute approximate surface area is 269 Å². The van der Waals surface area contributed by atoms with Gasteiger partial charge in [-0.05, 0) is 119 Å². The Morgan fingerprint density at radius 3 is 2.64 bits per heavy atom. The highest BCUT2D eigenvalue weighted by molar-refractivity contribution is 5.76. The molecule has 1 aromatic rings. The van der Waals surface area contributed by atoms with E-state index in [0.717, 1.165) is 62.5 Å². The molecule has 7 atom stereocenters. The summed E-state index contributed by atoms with van der Waals surface area (Å²) in [6.07, 6.45) is 14.6. The summed E-state index contributed by atoms with van der Waals surface area (Å²) in [5, 5.41) is 34.6. The summed E-state index contributed by atoms with van der Waals surface area (Å²) in [5.74, 6) is 2.44. The predicted molar refractivity (Wildman–Crippen MR) is 173 cm³/mol. The molecular weight excluding hydrogens is 568 g/mol. The highest BCUT2D eigenvalue weighted by Gasteiger charge is 2.58. The first-order valence-electron chi connectivity index (χ1n) is 17.4. The minimum absolute atomic E-state index is 0.203. The fraction of sp³-hybridized carbons (Fsp3) is 0.757. The molecule has 0 aromatic carbocycles. The van der Waals surface area contributed by atoms with Crippen molar-refractivity contribution in [2.24, 2.45) is 28.6 Å². The van der Waals surface area contributed by atoms with Crippen LogP contribution in [0.2, 0.25) is 0 Å². The Morgan fingerprint density at radius 2 is 1.96 bits per heavy atom. The quantitative estimate of drug-likeness (QED) is 0.224. The van der Waals surface area contributed by atoms with Gasteiger partial charge in [-0.1, -0.05) is 50.2 Å². The standard InChI is InChI=1S/C37H56N2O6/c1-7-9-32-38-33(45-39-32)37(18-19-37)31(44-34(43)35(4,5)22-40)16-11-23(2)28-14-15-29-25(10-8-17-36(28,29)6)12-13-26-20-27(41)21-30(42)24(26)3/h12-13,23,27-31,40-42H,3,7-11,14-22H2,1-2,4-6H3/b25-12+,26-13-/t23-,27-,28-,29+,30+,31+,36-/m1/s1. The van der Waals surface area contributed by atoms with Crippen LogP contribution in [0.25, 0.3) is 0 Å². The Morgan fingerprint density at radius 1 is 1.20 bits per heavy atom. The van der Waals surface area contributed by atoms with Gasteiger partial charge in [0.2, 0.25) is 5.89 Å². The van der Waals surface area contributed by atoms with Gasteiger partial charge in [0.25, 0.3) is 0 Å². The number of allylic oxidation sites excluding steroid dienone is 3. The average molecular weight is 625 g/mol. The number of carbonyl (C=O) groups is 1. The first kappa shape index (κ1) is 34.1. The zero-order chi connectivity index (χ0) is 32.6. The highest BCUT2D eigenvalue weighted by atomic mass is 16.5. The lowest BCUT2D eigenvalue weighted by atomic mass is 9.60. The third-order valence-electron chi connectivity index (χ3n) is 11.8. The topological polar surface area (TPSA) is 126 Å². The molecule has 0 spiro atoms. The van der Waals surface area contributed by atoms with Crippen LogP contribution < -0.4 is 0 Å². The molecule has 1 aromatic heterocycles. The van der Waals surface area contributed by atoms with Crippen molar-refractivity contribution in [3.05, 3.63) is 47.2 Å². The SMILES string of the molecule is C=C1/C(=C\C=C2/CCC[C@]3(C)[C@@H]([C@H](C)CC[C@H](OC(=O)C(C)(C)CO)C4(c5nc(CCC)no5)CC4)CC[C@@H]23)C[C@@H](O)C[C@@H]1O. The van der Waals surface area contributed by atoms with Crippen LogP contribution >= 0.6 is 0 Å². The van der Waals surface area contributed by atoms with Gasteiger partial charge in [-0.3, -0.25) is 4.79 Å². The van der Waals surface area contributed by atoms with Gasteiger partial charge < -0.3 is 24.6 Å². The van der Waals surface area contributed by atoms with Gasteiger partial charge in [0.05, 0.1) is 29.6 Å². The molecule has 3 N–H and O–H groups in total. The number of ether oxygens (including phenoxy) is 1. The molecule has 45 heavy (non-hydrogen) atoms. The van der Waals surface area contributed by atoms with Crippen LogP contribution in [0.5, 0.6) is 0 Å². The molecular formula is C37H56N2O6. The summed E-state index contributed by atoms with van der Waals surface area (Å²) in [4.78, 5) is 18.0. The summed E-state index contributed by atoms with van der Waals surface area (Å²) in [5.41, 5.74) is 1.97. The summed E-state index contributed by atoms with van der Waals surface area (Å²) >= 11 is 0. The molecule has 8 nitrogen and oxygen atoms in total. The van der Waals surface area contributed by atoms with Crippen LogP contribution in [0, 0.1) is 28.6 Å². The van der Waals surface area contributed by atoms with Crippen LogP contribution in [-0.2, 0) is 21.4 Å². The molecule has 0 aliphatic heterocycles. The van der Waals surface area contributed by atoms with E-state index in [-0.39, 0.29) is 24.1 Å². The van der Waals surface area contributed by atoms with Crippen molar-refractivity contribution in [1.29, 1.82) is 0 Å². The first-order chi connectivity index (χ1) is 21.3. The van der Waals surface area contributed by atoms with Gasteiger partial charge in [-0.15, -0.1) is 0 Å². The van der Waals surface area contributed by atoms with E-state index < -0.39 is 23.0 Å². The second-order valence-corrected chi connectivity index (χ2v) is 15.6. The summed E-state index contributed by atoms with van der Waals surface area (Å²) in [6.45, 7) is 14.2. The molecule has 0 bridgehead atoms. The number of hydrogen-bond donors (Lipinski definition) is 3. The van der Waals surface area contributed by atoms with Crippen molar-refractivity contribution in [2.45, 2.75) is 142 Å². The van der Waals surface area contributed by atoms with Crippen molar-refractivity contribution in [3.63, 3.8) is 0 Å². The minimum Gasteiger partial charge on any atom is -0.461 e. The molecule has 0 radical (unpaired) electrons. The van der Waals surface area contributed by atoms with E-state index in [1.54, 1.807) is 13.8 Å². The van der Waals surface area contributed by atoms with Gasteiger partial charge in [-0.25, -0.2) is 0 Å². The molecule has 1 heterocycles. The number of aromatic nitrogens is 2. The smallest absolute Gasteiger partial charge is 0.314 e. The molecule has 4 aliphatic rings. The number of aliphatic hydroxyl groups is 3. The maximum Gasteiger partial charge on any atom is 0.314 e. The average Bonchev–Trinajstić information content (AvgIpc) is 3.52. The van der Waals surface area contributed by atoms with E-state index >= 15 is 0 Å². The number of aryl methyl sites for hydroxylation is 1. The summed E-state index contributed by atoms with van der Waals surface area (Å²) < 4.78 is 12.0. The van der Waals surface area contributed by atoms with Gasteiger partial charge in [0.1, 0.15) is 6.10 Å². The fourth-order valence-electron chi connectivity index (χ4n) is 8.69. The summed E-state index contributed by atoms with van der Waals surface area (Å²) in [6, 6.07) is 0. The number of carbonyl (C=O) groups excluding carboxylic acids is 1. The maximum atomic E-state index is 13.2. The largest absolute Gasteiger partial charge is 0.461 e. The zero-order valence-corrected chi connectivity index (χ0v) is 28.2. The van der Waals surface area contributed by atoms with Crippen molar-refractivity contribution >= 4 is 5.97 Å². The third-order valence-corrected chi connectivity index (χ3v) is 11.8. The molecule has 5 rings (SSSR count). The Kier molecular flexibility index (Phi) is 10.2. The van der Waals surface area contributed by atoms with Crippen LogP contribution in [-0.4, -0.2) is 56.3 Å². The molecule has 0 saturated heterocycles. The monoisotopic (exact) mass is 624 g/mol. The fourth-order valence-corrected chi connectivity index (χ4v) is 8.69. The Bertz CT molecular complexity index is 1290. The number of esters is 1. The van der Waals surface area contributed by atoms with Gasteiger partial charge in [-0.2, -0.15) is 4.98 Å². The maximum absolute atomic E-state index is 13.2. The van der Waals surface area contributed by atoms with E-state index in [4.69, 9.17) is 14.2 Å². The normalized spacial score (nSPS) is 32.8. The highest BCUT2D eigenvalue weighted by Crippen LogP contribution is 2.60. The zero-order valence-electron chi connectivity index (χ0n) is 28.2. The van der Waals surface area contributed by atoms with E-state index in [1.807, 2.05) is 0 Å². The second kappa shape index (κ2) is 13.4. The van der Waals surface area contributed by atoms with Crippen molar-refractivity contribution < 1.29 is 29.4 Å². The van der Waals surface area contributed by atoms with E-state index in [0.29, 0.717) is 42.3 Å². The Balaban J connectivity index is 1.31. The number of aliphatic hydroxyl groups excluding tert-OH is 3. The minimum atomic E-state index is -0.978. The number of hydrogen-bond acceptors (Lipinski definition) is 8. The first-order valence-corrected chi connectivity index (χ1v) is 17.4. The molecule has 0 amide bonds. The number of nitrogens with zero attached hydrogens (tertiary/aromatic N) is 2. The predicted octanol–water partition coefficient (Wildman–Crippen LogP) is 6.54. The van der Waals surface area contributed by atoms with Crippen LogP contribution in [0.4, 0.5) is 0 Å². The van der Waals surface area contributed by atoms with Crippen molar-refractivity contribution in [3.8, 4) is 0 Å². The van der Waals surface area contributed by atoms with Crippen LogP contribution in [0.15, 0.2) is 40.0 Å². The number of fused-ring (bicyclic) bond motifs is 1. The van der Waals surface area contributed by atoms with E-state index in [9.17, 15) is 20.1 Å². The van der Waals surface area contributed by atoms with Crippen molar-refractivity contribution in [2.75, 3.05) is 6.61 Å². The Hall–Kier alpha value is -2.29. The van der Waals surface area contributed by atoms with Gasteiger partial charge >= 0.3 is 5.97 Å². The molecule has 8 heteroatoms. The van der Waals surface area contributed by atoms with E-state index in [2.05, 4.69) is 44.7 Å².